The summed E-state index contributed by atoms with van der Waals surface area (Å²) in [5.74, 6) is 2.32. The first kappa shape index (κ1) is 17.0. The van der Waals surface area contributed by atoms with Crippen molar-refractivity contribution in [3.05, 3.63) is 53.5 Å². The van der Waals surface area contributed by atoms with Crippen molar-refractivity contribution in [3.8, 4) is 11.9 Å². The van der Waals surface area contributed by atoms with Crippen LogP contribution in [0.2, 0.25) is 0 Å². The number of aromatic nitrogens is 5. The maximum atomic E-state index is 9.27. The number of piperazine rings is 1. The van der Waals surface area contributed by atoms with Gasteiger partial charge in [0.1, 0.15) is 11.9 Å². The molecule has 0 unspecified atom stereocenters. The number of aryl methyl sites for hydroxylation is 2. The molecule has 0 aliphatic carbocycles. The molecule has 27 heavy (non-hydrogen) atoms. The predicted molar refractivity (Wildman–Crippen MR) is 102 cm³/mol. The fourth-order valence-corrected chi connectivity index (χ4v) is 3.34. The fourth-order valence-electron chi connectivity index (χ4n) is 3.34. The Kier molecular flexibility index (Phi) is 4.42. The highest BCUT2D eigenvalue weighted by atomic mass is 15.4. The predicted octanol–water partition coefficient (Wildman–Crippen LogP) is 1.87. The Hall–Kier alpha value is -3.47. The molecular weight excluding hydrogens is 340 g/mol. The molecule has 3 aromatic rings. The molecule has 8 heteroatoms. The topological polar surface area (TPSA) is 86.8 Å². The summed E-state index contributed by atoms with van der Waals surface area (Å²) in [6.07, 6.45) is 1.73. The van der Waals surface area contributed by atoms with E-state index in [-0.39, 0.29) is 0 Å². The minimum absolute atomic E-state index is 0.611. The number of nitrogens with zero attached hydrogens (tertiary/aromatic N) is 8. The van der Waals surface area contributed by atoms with Crippen LogP contribution in [0.4, 0.5) is 11.6 Å². The number of rotatable bonds is 3. The quantitative estimate of drug-likeness (QED) is 0.705. The zero-order valence-corrected chi connectivity index (χ0v) is 15.4. The highest BCUT2D eigenvalue weighted by molar-refractivity contribution is 5.55. The maximum absolute atomic E-state index is 9.27. The molecule has 0 bridgehead atoms. The van der Waals surface area contributed by atoms with E-state index in [1.807, 2.05) is 32.0 Å². The van der Waals surface area contributed by atoms with E-state index in [0.29, 0.717) is 5.56 Å². The van der Waals surface area contributed by atoms with Gasteiger partial charge in [0.25, 0.3) is 0 Å². The molecule has 0 atom stereocenters. The number of anilines is 2. The van der Waals surface area contributed by atoms with Gasteiger partial charge in [-0.1, -0.05) is 0 Å². The van der Waals surface area contributed by atoms with Crippen LogP contribution in [0.1, 0.15) is 17.0 Å². The van der Waals surface area contributed by atoms with Crippen LogP contribution in [-0.4, -0.2) is 51.1 Å². The highest BCUT2D eigenvalue weighted by Gasteiger charge is 2.21. The Morgan fingerprint density at radius 2 is 1.67 bits per heavy atom. The lowest BCUT2D eigenvalue weighted by atomic mass is 10.2. The van der Waals surface area contributed by atoms with Crippen molar-refractivity contribution in [2.45, 2.75) is 13.8 Å². The molecular formula is C19H20N8. The Morgan fingerprint density at radius 1 is 0.963 bits per heavy atom. The van der Waals surface area contributed by atoms with Gasteiger partial charge in [-0.2, -0.15) is 10.4 Å². The van der Waals surface area contributed by atoms with E-state index in [0.717, 1.165) is 55.0 Å². The van der Waals surface area contributed by atoms with Crippen LogP contribution in [0.15, 0.2) is 36.5 Å². The largest absolute Gasteiger partial charge is 0.352 e. The number of hydrogen-bond acceptors (Lipinski definition) is 7. The van der Waals surface area contributed by atoms with E-state index in [2.05, 4.69) is 36.1 Å². The molecule has 0 radical (unpaired) electrons. The monoisotopic (exact) mass is 360 g/mol. The van der Waals surface area contributed by atoms with Gasteiger partial charge in [0.2, 0.25) is 0 Å². The molecule has 0 aromatic carbocycles. The van der Waals surface area contributed by atoms with E-state index in [4.69, 9.17) is 0 Å². The van der Waals surface area contributed by atoms with Crippen LogP contribution in [0.5, 0.6) is 0 Å². The summed E-state index contributed by atoms with van der Waals surface area (Å²) >= 11 is 0. The first-order valence-electron chi connectivity index (χ1n) is 8.88. The van der Waals surface area contributed by atoms with Crippen molar-refractivity contribution in [3.63, 3.8) is 0 Å². The van der Waals surface area contributed by atoms with Crippen molar-refractivity contribution in [1.82, 2.24) is 25.0 Å². The average molecular weight is 360 g/mol. The van der Waals surface area contributed by atoms with E-state index in [1.165, 1.54) is 0 Å². The van der Waals surface area contributed by atoms with E-state index >= 15 is 0 Å². The lowest BCUT2D eigenvalue weighted by molar-refractivity contribution is 0.636. The van der Waals surface area contributed by atoms with Gasteiger partial charge in [-0.15, -0.1) is 10.2 Å². The SMILES string of the molecule is Cc1cc(C)n(-c2ccc(N3CCN(c4ncccc4C#N)CC3)nn2)n1. The second-order valence-electron chi connectivity index (χ2n) is 6.55. The van der Waals surface area contributed by atoms with Gasteiger partial charge in [-0.05, 0) is 44.2 Å². The molecule has 0 saturated carbocycles. The fraction of sp³-hybridized carbons (Fsp3) is 0.316. The lowest BCUT2D eigenvalue weighted by Gasteiger charge is -2.36. The minimum Gasteiger partial charge on any atom is -0.352 e. The van der Waals surface area contributed by atoms with Gasteiger partial charge in [-0.3, -0.25) is 0 Å². The zero-order chi connectivity index (χ0) is 18.8. The first-order chi connectivity index (χ1) is 13.2. The zero-order valence-electron chi connectivity index (χ0n) is 15.4. The summed E-state index contributed by atoms with van der Waals surface area (Å²) in [5, 5.41) is 22.4. The first-order valence-corrected chi connectivity index (χ1v) is 8.88. The smallest absolute Gasteiger partial charge is 0.176 e. The summed E-state index contributed by atoms with van der Waals surface area (Å²) in [6, 6.07) is 11.8. The molecule has 1 aliphatic heterocycles. The van der Waals surface area contributed by atoms with Gasteiger partial charge >= 0.3 is 0 Å². The van der Waals surface area contributed by atoms with Crippen molar-refractivity contribution >= 4 is 11.6 Å². The molecule has 0 N–H and O–H groups in total. The normalized spacial score (nSPS) is 14.3. The number of nitriles is 1. The third kappa shape index (κ3) is 3.31. The standard InChI is InChI=1S/C19H20N8/c1-14-12-15(2)27(24-14)18-6-5-17(22-23-18)25-8-10-26(11-9-25)19-16(13-20)4-3-7-21-19/h3-7,12H,8-11H2,1-2H3. The maximum Gasteiger partial charge on any atom is 0.176 e. The Labute approximate surface area is 157 Å². The Morgan fingerprint density at radius 3 is 2.30 bits per heavy atom. The van der Waals surface area contributed by atoms with Crippen LogP contribution in [0, 0.1) is 25.2 Å². The van der Waals surface area contributed by atoms with Crippen LogP contribution in [0.25, 0.3) is 5.82 Å². The van der Waals surface area contributed by atoms with E-state index < -0.39 is 0 Å². The lowest BCUT2D eigenvalue weighted by Crippen LogP contribution is -2.47. The third-order valence-corrected chi connectivity index (χ3v) is 4.67. The Balaban J connectivity index is 1.46. The van der Waals surface area contributed by atoms with Gasteiger partial charge in [0, 0.05) is 38.1 Å². The number of pyridine rings is 1. The number of hydrogen-bond donors (Lipinski definition) is 0. The molecule has 8 nitrogen and oxygen atoms in total. The molecule has 4 heterocycles. The van der Waals surface area contributed by atoms with Crippen molar-refractivity contribution in [1.29, 1.82) is 5.26 Å². The summed E-state index contributed by atoms with van der Waals surface area (Å²) in [4.78, 5) is 8.72. The van der Waals surface area contributed by atoms with Crippen LogP contribution < -0.4 is 9.80 Å². The second kappa shape index (κ2) is 7.03. The van der Waals surface area contributed by atoms with Gasteiger partial charge < -0.3 is 9.80 Å². The molecule has 0 amide bonds. The third-order valence-electron chi connectivity index (χ3n) is 4.67. The van der Waals surface area contributed by atoms with E-state index in [1.54, 1.807) is 23.0 Å². The van der Waals surface area contributed by atoms with E-state index in [9.17, 15) is 5.26 Å². The molecule has 4 rings (SSSR count). The van der Waals surface area contributed by atoms with Crippen LogP contribution in [0.3, 0.4) is 0 Å². The van der Waals surface area contributed by atoms with Crippen molar-refractivity contribution in [2.75, 3.05) is 36.0 Å². The molecule has 1 saturated heterocycles. The minimum atomic E-state index is 0.611. The Bertz CT molecular complexity index is 978. The van der Waals surface area contributed by atoms with Crippen LogP contribution in [-0.2, 0) is 0 Å². The van der Waals surface area contributed by atoms with Crippen molar-refractivity contribution < 1.29 is 0 Å². The van der Waals surface area contributed by atoms with Gasteiger partial charge in [0.05, 0.1) is 11.3 Å². The summed E-state index contributed by atoms with van der Waals surface area (Å²) in [5.41, 5.74) is 2.60. The molecule has 1 aliphatic rings. The molecule has 3 aromatic heterocycles. The van der Waals surface area contributed by atoms with Gasteiger partial charge in [-0.25, -0.2) is 9.67 Å². The van der Waals surface area contributed by atoms with Gasteiger partial charge in [0.15, 0.2) is 11.6 Å². The average Bonchev–Trinajstić information content (AvgIpc) is 3.06. The summed E-state index contributed by atoms with van der Waals surface area (Å²) in [6.45, 7) is 7.13. The van der Waals surface area contributed by atoms with Crippen molar-refractivity contribution in [2.24, 2.45) is 0 Å². The van der Waals surface area contributed by atoms with Crippen LogP contribution >= 0.6 is 0 Å². The summed E-state index contributed by atoms with van der Waals surface area (Å²) < 4.78 is 1.80. The molecule has 0 spiro atoms. The molecule has 136 valence electrons. The summed E-state index contributed by atoms with van der Waals surface area (Å²) in [7, 11) is 0. The highest BCUT2D eigenvalue weighted by Crippen LogP contribution is 2.20. The second-order valence-corrected chi connectivity index (χ2v) is 6.55. The molecule has 1 fully saturated rings.